The molecule has 5 heteroatoms. The monoisotopic (exact) mass is 415 g/mol. The summed E-state index contributed by atoms with van der Waals surface area (Å²) >= 11 is 0. The normalized spacial score (nSPS) is 20.0. The molecule has 0 saturated carbocycles. The molecule has 5 rings (SSSR count). The van der Waals surface area contributed by atoms with Crippen LogP contribution in [0.1, 0.15) is 64.4 Å². The van der Waals surface area contributed by atoms with Gasteiger partial charge in [0, 0.05) is 43.0 Å². The Morgan fingerprint density at radius 1 is 1.16 bits per heavy atom. The zero-order chi connectivity index (χ0) is 21.4. The molecule has 1 aliphatic carbocycles. The third-order valence-electron chi connectivity index (χ3n) is 6.76. The van der Waals surface area contributed by atoms with E-state index in [4.69, 9.17) is 4.98 Å². The fraction of sp³-hybridized carbons (Fsp3) is 0.423. The largest absolute Gasteiger partial charge is 0.335 e. The highest BCUT2D eigenvalue weighted by Gasteiger charge is 2.31. The molecule has 5 nitrogen and oxygen atoms in total. The van der Waals surface area contributed by atoms with Gasteiger partial charge in [0.05, 0.1) is 5.56 Å². The van der Waals surface area contributed by atoms with Gasteiger partial charge in [0.25, 0.3) is 5.91 Å². The minimum absolute atomic E-state index is 0.0646. The number of ketones is 1. The quantitative estimate of drug-likeness (QED) is 0.678. The summed E-state index contributed by atoms with van der Waals surface area (Å²) in [5.74, 6) is 1.45. The number of rotatable bonds is 4. The van der Waals surface area contributed by atoms with Crippen LogP contribution in [0.2, 0.25) is 0 Å². The Kier molecular flexibility index (Phi) is 5.34. The van der Waals surface area contributed by atoms with Crippen LogP contribution < -0.4 is 4.90 Å². The van der Waals surface area contributed by atoms with E-state index in [2.05, 4.69) is 36.1 Å². The molecule has 1 unspecified atom stereocenters. The van der Waals surface area contributed by atoms with Gasteiger partial charge in [0.2, 0.25) is 0 Å². The van der Waals surface area contributed by atoms with E-state index >= 15 is 0 Å². The number of pyridine rings is 1. The molecule has 0 saturated heterocycles. The Morgan fingerprint density at radius 2 is 2.06 bits per heavy atom. The fourth-order valence-electron chi connectivity index (χ4n) is 5.16. The maximum Gasteiger partial charge on any atom is 0.255 e. The summed E-state index contributed by atoms with van der Waals surface area (Å²) in [5.41, 5.74) is 4.96. The fourth-order valence-corrected chi connectivity index (χ4v) is 5.16. The third-order valence-corrected chi connectivity index (χ3v) is 6.76. The van der Waals surface area contributed by atoms with E-state index in [1.807, 2.05) is 17.0 Å². The molecule has 0 bridgehead atoms. The Labute approximate surface area is 183 Å². The van der Waals surface area contributed by atoms with E-state index in [0.29, 0.717) is 17.9 Å². The van der Waals surface area contributed by atoms with Gasteiger partial charge in [-0.05, 0) is 67.5 Å². The number of aromatic nitrogens is 1. The van der Waals surface area contributed by atoms with Crippen molar-refractivity contribution in [3.63, 3.8) is 0 Å². The van der Waals surface area contributed by atoms with Gasteiger partial charge in [0.1, 0.15) is 5.82 Å². The van der Waals surface area contributed by atoms with Crippen molar-refractivity contribution in [3.05, 3.63) is 64.9 Å². The summed E-state index contributed by atoms with van der Waals surface area (Å²) < 4.78 is 0. The molecule has 0 spiro atoms. The second-order valence-corrected chi connectivity index (χ2v) is 8.87. The highest BCUT2D eigenvalue weighted by molar-refractivity contribution is 6.02. The van der Waals surface area contributed by atoms with Crippen molar-refractivity contribution in [2.45, 2.75) is 45.4 Å². The molecule has 1 atom stereocenters. The zero-order valence-corrected chi connectivity index (χ0v) is 18.1. The topological polar surface area (TPSA) is 53.5 Å². The van der Waals surface area contributed by atoms with Crippen LogP contribution in [0.4, 0.5) is 11.5 Å². The van der Waals surface area contributed by atoms with Gasteiger partial charge >= 0.3 is 0 Å². The van der Waals surface area contributed by atoms with Gasteiger partial charge in [-0.15, -0.1) is 0 Å². The van der Waals surface area contributed by atoms with Crippen LogP contribution in [-0.2, 0) is 12.8 Å². The van der Waals surface area contributed by atoms with Crippen molar-refractivity contribution < 1.29 is 9.59 Å². The maximum atomic E-state index is 12.9. The number of aryl methyl sites for hydroxylation is 1. The van der Waals surface area contributed by atoms with E-state index < -0.39 is 0 Å². The lowest BCUT2D eigenvalue weighted by molar-refractivity contribution is 0.0770. The number of nitrogens with zero attached hydrogens (tertiary/aromatic N) is 3. The van der Waals surface area contributed by atoms with Crippen molar-refractivity contribution in [2.75, 3.05) is 24.5 Å². The molecule has 0 fully saturated rings. The lowest BCUT2D eigenvalue weighted by atomic mass is 10.00. The van der Waals surface area contributed by atoms with Crippen LogP contribution in [0.3, 0.4) is 0 Å². The maximum absolute atomic E-state index is 12.9. The number of anilines is 2. The number of Topliss-reactive ketones (excluding diaryl/α,β-unsaturated/α-hetero) is 1. The second kappa shape index (κ2) is 8.29. The van der Waals surface area contributed by atoms with Crippen LogP contribution in [-0.4, -0.2) is 41.2 Å². The molecule has 1 aromatic carbocycles. The van der Waals surface area contributed by atoms with E-state index in [1.54, 1.807) is 6.20 Å². The molecular formula is C26H29N3O2. The predicted octanol–water partition coefficient (Wildman–Crippen LogP) is 4.72. The summed E-state index contributed by atoms with van der Waals surface area (Å²) in [7, 11) is 0. The number of carbonyl (C=O) groups excluding carboxylic acids is 2. The van der Waals surface area contributed by atoms with Crippen LogP contribution in [0.15, 0.2) is 42.6 Å². The minimum atomic E-state index is 0.0646. The Bertz CT molecular complexity index is 1060. The van der Waals surface area contributed by atoms with Crippen molar-refractivity contribution in [1.29, 1.82) is 0 Å². The number of hydrogen-bond donors (Lipinski definition) is 0. The first-order valence-corrected chi connectivity index (χ1v) is 11.5. The molecule has 2 aromatic rings. The number of hydrogen-bond acceptors (Lipinski definition) is 4. The molecule has 0 radical (unpaired) electrons. The van der Waals surface area contributed by atoms with Gasteiger partial charge < -0.3 is 9.80 Å². The molecule has 31 heavy (non-hydrogen) atoms. The van der Waals surface area contributed by atoms with E-state index in [-0.39, 0.29) is 11.8 Å². The van der Waals surface area contributed by atoms with Crippen molar-refractivity contribution in [1.82, 2.24) is 9.88 Å². The SMILES string of the molecule is CCCC1Cc2cc(N3CCCc4cc(C(=O)N5CC=CCC5)cnc43)ccc2C1=O. The zero-order valence-electron chi connectivity index (χ0n) is 18.1. The number of carbonyl (C=O) groups is 2. The molecule has 0 N–H and O–H groups in total. The number of benzene rings is 1. The third kappa shape index (κ3) is 3.67. The van der Waals surface area contributed by atoms with Crippen LogP contribution in [0.25, 0.3) is 0 Å². The van der Waals surface area contributed by atoms with Gasteiger partial charge in [-0.2, -0.15) is 0 Å². The van der Waals surface area contributed by atoms with E-state index in [1.165, 1.54) is 0 Å². The van der Waals surface area contributed by atoms with Gasteiger partial charge in [0.15, 0.2) is 5.78 Å². The van der Waals surface area contributed by atoms with Crippen LogP contribution in [0.5, 0.6) is 0 Å². The molecule has 3 heterocycles. The highest BCUT2D eigenvalue weighted by Crippen LogP contribution is 2.37. The van der Waals surface area contributed by atoms with Gasteiger partial charge in [-0.25, -0.2) is 4.98 Å². The predicted molar refractivity (Wildman–Crippen MR) is 122 cm³/mol. The van der Waals surface area contributed by atoms with E-state index in [9.17, 15) is 9.59 Å². The average molecular weight is 416 g/mol. The first-order valence-electron chi connectivity index (χ1n) is 11.5. The Morgan fingerprint density at radius 3 is 2.87 bits per heavy atom. The van der Waals surface area contributed by atoms with Crippen molar-refractivity contribution >= 4 is 23.2 Å². The smallest absolute Gasteiger partial charge is 0.255 e. The summed E-state index contributed by atoms with van der Waals surface area (Å²) in [5, 5.41) is 0. The molecule has 160 valence electrons. The first-order chi connectivity index (χ1) is 15.2. The lowest BCUT2D eigenvalue weighted by Crippen LogP contribution is -2.34. The minimum Gasteiger partial charge on any atom is -0.335 e. The molecule has 1 amide bonds. The first kappa shape index (κ1) is 20.0. The number of amides is 1. The molecule has 2 aliphatic heterocycles. The van der Waals surface area contributed by atoms with Gasteiger partial charge in [-0.3, -0.25) is 9.59 Å². The number of fused-ring (bicyclic) bond motifs is 2. The van der Waals surface area contributed by atoms with Crippen molar-refractivity contribution in [3.8, 4) is 0 Å². The van der Waals surface area contributed by atoms with Crippen molar-refractivity contribution in [2.24, 2.45) is 5.92 Å². The van der Waals surface area contributed by atoms with E-state index in [0.717, 1.165) is 79.8 Å². The average Bonchev–Trinajstić information content (AvgIpc) is 3.13. The Hall–Kier alpha value is -2.95. The standard InChI is InChI=1S/C26H29N3O2/c1-2-7-18-14-20-16-22(9-10-23(20)24(18)30)29-13-6-8-19-15-21(17-27-25(19)29)26(31)28-11-4-3-5-12-28/h3-4,9-10,15-18H,2,5-8,11-14H2,1H3. The van der Waals surface area contributed by atoms with Crippen LogP contribution in [0, 0.1) is 5.92 Å². The second-order valence-electron chi connectivity index (χ2n) is 8.87. The Balaban J connectivity index is 1.41. The van der Waals surface area contributed by atoms with Crippen LogP contribution >= 0.6 is 0 Å². The lowest BCUT2D eigenvalue weighted by Gasteiger charge is -2.31. The molecular weight excluding hydrogens is 386 g/mol. The summed E-state index contributed by atoms with van der Waals surface area (Å²) in [6, 6.07) is 8.27. The molecule has 3 aliphatic rings. The summed E-state index contributed by atoms with van der Waals surface area (Å²) in [6.45, 7) is 4.48. The summed E-state index contributed by atoms with van der Waals surface area (Å²) in [6.07, 6.45) is 11.6. The summed E-state index contributed by atoms with van der Waals surface area (Å²) in [4.78, 5) is 34.4. The van der Waals surface area contributed by atoms with Gasteiger partial charge in [-0.1, -0.05) is 25.5 Å². The molecule has 1 aromatic heterocycles. The highest BCUT2D eigenvalue weighted by atomic mass is 16.2.